The summed E-state index contributed by atoms with van der Waals surface area (Å²) in [5.74, 6) is 1.00. The van der Waals surface area contributed by atoms with E-state index in [-0.39, 0.29) is 11.5 Å². The summed E-state index contributed by atoms with van der Waals surface area (Å²) in [5.41, 5.74) is 0.187. The lowest BCUT2D eigenvalue weighted by molar-refractivity contribution is 0.277. The lowest BCUT2D eigenvalue weighted by Crippen LogP contribution is -2.30. The minimum absolute atomic E-state index is 0.187. The van der Waals surface area contributed by atoms with Crippen LogP contribution in [0.3, 0.4) is 0 Å². The first kappa shape index (κ1) is 9.26. The maximum Gasteiger partial charge on any atom is 0.123 e. The van der Waals surface area contributed by atoms with Gasteiger partial charge < -0.3 is 10.3 Å². The summed E-state index contributed by atoms with van der Waals surface area (Å²) in [6.07, 6.45) is 3.64. The molecule has 1 rings (SSSR count). The standard InChI is InChI=1S/C9H17N3/c1-9(2,3)7(10-4)8-11-5-6-12-8/h5-7,10H,1-4H3,(H,11,12). The van der Waals surface area contributed by atoms with Gasteiger partial charge in [-0.3, -0.25) is 0 Å². The molecule has 3 nitrogen and oxygen atoms in total. The molecule has 0 aromatic carbocycles. The first-order valence-corrected chi connectivity index (χ1v) is 4.22. The van der Waals surface area contributed by atoms with Crippen molar-refractivity contribution in [3.8, 4) is 0 Å². The molecule has 0 aliphatic carbocycles. The van der Waals surface area contributed by atoms with Gasteiger partial charge in [-0.25, -0.2) is 4.98 Å². The third-order valence-corrected chi connectivity index (χ3v) is 1.95. The minimum Gasteiger partial charge on any atom is -0.347 e. The average molecular weight is 167 g/mol. The van der Waals surface area contributed by atoms with Crippen LogP contribution in [0.15, 0.2) is 12.4 Å². The smallest absolute Gasteiger partial charge is 0.123 e. The van der Waals surface area contributed by atoms with Crippen LogP contribution < -0.4 is 5.32 Å². The third-order valence-electron chi connectivity index (χ3n) is 1.95. The third kappa shape index (κ3) is 1.85. The predicted octanol–water partition coefficient (Wildman–Crippen LogP) is 1.72. The lowest BCUT2D eigenvalue weighted by atomic mass is 9.86. The van der Waals surface area contributed by atoms with Crippen LogP contribution in [-0.2, 0) is 0 Å². The van der Waals surface area contributed by atoms with Crippen molar-refractivity contribution in [1.82, 2.24) is 15.3 Å². The van der Waals surface area contributed by atoms with Crippen molar-refractivity contribution in [3.05, 3.63) is 18.2 Å². The highest BCUT2D eigenvalue weighted by Gasteiger charge is 2.26. The zero-order chi connectivity index (χ0) is 9.19. The first-order chi connectivity index (χ1) is 5.55. The zero-order valence-electron chi connectivity index (χ0n) is 8.18. The number of rotatable bonds is 2. The molecule has 1 atom stereocenters. The molecule has 0 aliphatic rings. The Kier molecular flexibility index (Phi) is 2.52. The number of imidazole rings is 1. The number of hydrogen-bond acceptors (Lipinski definition) is 2. The number of hydrogen-bond donors (Lipinski definition) is 2. The molecule has 0 amide bonds. The quantitative estimate of drug-likeness (QED) is 0.704. The van der Waals surface area contributed by atoms with Crippen molar-refractivity contribution in [1.29, 1.82) is 0 Å². The molecule has 0 saturated carbocycles. The SMILES string of the molecule is CNC(c1ncc[nH]1)C(C)(C)C. The van der Waals surface area contributed by atoms with Crippen LogP contribution in [0.1, 0.15) is 32.6 Å². The summed E-state index contributed by atoms with van der Waals surface area (Å²) in [6, 6.07) is 0.285. The van der Waals surface area contributed by atoms with Gasteiger partial charge in [-0.15, -0.1) is 0 Å². The van der Waals surface area contributed by atoms with Crippen LogP contribution in [0, 0.1) is 5.41 Å². The Hall–Kier alpha value is -0.830. The second-order valence-electron chi connectivity index (χ2n) is 4.06. The summed E-state index contributed by atoms with van der Waals surface area (Å²) >= 11 is 0. The second kappa shape index (κ2) is 3.27. The second-order valence-corrected chi connectivity index (χ2v) is 4.06. The molecule has 1 aromatic heterocycles. The number of H-pyrrole nitrogens is 1. The highest BCUT2D eigenvalue weighted by atomic mass is 15.0. The maximum atomic E-state index is 4.24. The summed E-state index contributed by atoms with van der Waals surface area (Å²) in [6.45, 7) is 6.57. The Morgan fingerprint density at radius 1 is 1.50 bits per heavy atom. The molecule has 68 valence electrons. The van der Waals surface area contributed by atoms with Crippen molar-refractivity contribution in [2.75, 3.05) is 7.05 Å². The first-order valence-electron chi connectivity index (χ1n) is 4.22. The molecule has 1 unspecified atom stereocenters. The van der Waals surface area contributed by atoms with E-state index in [1.807, 2.05) is 13.2 Å². The van der Waals surface area contributed by atoms with E-state index in [1.54, 1.807) is 6.20 Å². The average Bonchev–Trinajstić information content (AvgIpc) is 2.38. The fourth-order valence-electron chi connectivity index (χ4n) is 1.42. The number of aromatic amines is 1. The fourth-order valence-corrected chi connectivity index (χ4v) is 1.42. The van der Waals surface area contributed by atoms with Crippen LogP contribution in [0.2, 0.25) is 0 Å². The van der Waals surface area contributed by atoms with E-state index in [2.05, 4.69) is 36.1 Å². The Labute approximate surface area is 73.6 Å². The number of nitrogens with one attached hydrogen (secondary N) is 2. The summed E-state index contributed by atoms with van der Waals surface area (Å²) in [5, 5.41) is 3.25. The van der Waals surface area contributed by atoms with Crippen molar-refractivity contribution in [2.45, 2.75) is 26.8 Å². The van der Waals surface area contributed by atoms with Gasteiger partial charge in [0.1, 0.15) is 5.82 Å². The van der Waals surface area contributed by atoms with Gasteiger partial charge in [0.25, 0.3) is 0 Å². The Balaban J connectivity index is 2.84. The molecular weight excluding hydrogens is 150 g/mol. The molecule has 0 aliphatic heterocycles. The van der Waals surface area contributed by atoms with Gasteiger partial charge in [-0.05, 0) is 12.5 Å². The predicted molar refractivity (Wildman–Crippen MR) is 49.8 cm³/mol. The van der Waals surface area contributed by atoms with Gasteiger partial charge in [0, 0.05) is 12.4 Å². The van der Waals surface area contributed by atoms with Crippen molar-refractivity contribution in [3.63, 3.8) is 0 Å². The monoisotopic (exact) mass is 167 g/mol. The molecule has 0 radical (unpaired) electrons. The molecule has 2 N–H and O–H groups in total. The van der Waals surface area contributed by atoms with Crippen molar-refractivity contribution in [2.24, 2.45) is 5.41 Å². The Bertz CT molecular complexity index is 220. The van der Waals surface area contributed by atoms with E-state index < -0.39 is 0 Å². The van der Waals surface area contributed by atoms with E-state index >= 15 is 0 Å². The molecular formula is C9H17N3. The molecule has 0 fully saturated rings. The highest BCUT2D eigenvalue weighted by molar-refractivity contribution is 4.99. The fraction of sp³-hybridized carbons (Fsp3) is 0.667. The molecule has 12 heavy (non-hydrogen) atoms. The lowest BCUT2D eigenvalue weighted by Gasteiger charge is -2.28. The van der Waals surface area contributed by atoms with Gasteiger partial charge in [0.2, 0.25) is 0 Å². The maximum absolute atomic E-state index is 4.24. The van der Waals surface area contributed by atoms with Gasteiger partial charge in [0.05, 0.1) is 6.04 Å². The van der Waals surface area contributed by atoms with Crippen molar-refractivity contribution < 1.29 is 0 Å². The molecule has 3 heteroatoms. The summed E-state index contributed by atoms with van der Waals surface area (Å²) in [7, 11) is 1.96. The zero-order valence-corrected chi connectivity index (χ0v) is 8.18. The van der Waals surface area contributed by atoms with Crippen molar-refractivity contribution >= 4 is 0 Å². The van der Waals surface area contributed by atoms with E-state index in [1.165, 1.54) is 0 Å². The minimum atomic E-state index is 0.187. The van der Waals surface area contributed by atoms with Gasteiger partial charge in [-0.2, -0.15) is 0 Å². The summed E-state index contributed by atoms with van der Waals surface area (Å²) in [4.78, 5) is 7.36. The number of nitrogens with zero attached hydrogens (tertiary/aromatic N) is 1. The van der Waals surface area contributed by atoms with Crippen LogP contribution >= 0.6 is 0 Å². The molecule has 0 spiro atoms. The van der Waals surface area contributed by atoms with Gasteiger partial charge >= 0.3 is 0 Å². The Morgan fingerprint density at radius 2 is 2.17 bits per heavy atom. The molecule has 0 saturated heterocycles. The Morgan fingerprint density at radius 3 is 2.50 bits per heavy atom. The van der Waals surface area contributed by atoms with Crippen LogP contribution in [0.4, 0.5) is 0 Å². The van der Waals surface area contributed by atoms with E-state index in [0.29, 0.717) is 0 Å². The number of aromatic nitrogens is 2. The van der Waals surface area contributed by atoms with E-state index in [0.717, 1.165) is 5.82 Å². The van der Waals surface area contributed by atoms with Gasteiger partial charge in [-0.1, -0.05) is 20.8 Å². The van der Waals surface area contributed by atoms with E-state index in [9.17, 15) is 0 Å². The summed E-state index contributed by atoms with van der Waals surface area (Å²) < 4.78 is 0. The normalized spacial score (nSPS) is 14.7. The van der Waals surface area contributed by atoms with Gasteiger partial charge in [0.15, 0.2) is 0 Å². The topological polar surface area (TPSA) is 40.7 Å². The highest BCUT2D eigenvalue weighted by Crippen LogP contribution is 2.29. The largest absolute Gasteiger partial charge is 0.347 e. The van der Waals surface area contributed by atoms with Crippen LogP contribution in [-0.4, -0.2) is 17.0 Å². The van der Waals surface area contributed by atoms with E-state index in [4.69, 9.17) is 0 Å². The van der Waals surface area contributed by atoms with Crippen LogP contribution in [0.25, 0.3) is 0 Å². The van der Waals surface area contributed by atoms with Crippen LogP contribution in [0.5, 0.6) is 0 Å². The molecule has 1 aromatic rings. The molecule has 0 bridgehead atoms. The molecule has 1 heterocycles.